The number of rotatable bonds is 1. The Labute approximate surface area is 87.3 Å². The molecule has 0 saturated carbocycles. The molecule has 0 saturated heterocycles. The molecule has 0 aromatic carbocycles. The first kappa shape index (κ1) is 9.70. The number of nitrogen functional groups attached to an aromatic ring is 1. The van der Waals surface area contributed by atoms with Crippen LogP contribution >= 0.6 is 0 Å². The van der Waals surface area contributed by atoms with Gasteiger partial charge in [-0.3, -0.25) is 4.79 Å². The van der Waals surface area contributed by atoms with Crippen molar-refractivity contribution in [1.29, 1.82) is 0 Å². The van der Waals surface area contributed by atoms with Gasteiger partial charge in [-0.2, -0.15) is 9.97 Å². The molecule has 1 unspecified atom stereocenters. The molecule has 2 rings (SSSR count). The molecule has 1 aliphatic heterocycles. The van der Waals surface area contributed by atoms with E-state index in [2.05, 4.69) is 20.6 Å². The van der Waals surface area contributed by atoms with Crippen LogP contribution in [-0.2, 0) is 11.2 Å². The van der Waals surface area contributed by atoms with Gasteiger partial charge in [0.1, 0.15) is 11.6 Å². The second-order valence-corrected chi connectivity index (χ2v) is 3.60. The molecule has 1 aromatic rings. The predicted octanol–water partition coefficient (Wildman–Crippen LogP) is 0.231. The van der Waals surface area contributed by atoms with Crippen molar-refractivity contribution in [3.63, 3.8) is 0 Å². The lowest BCUT2D eigenvalue weighted by Gasteiger charge is -2.22. The molecule has 6 heteroatoms. The van der Waals surface area contributed by atoms with E-state index >= 15 is 0 Å². The number of carbonyl (C=O) groups is 1. The van der Waals surface area contributed by atoms with Crippen LogP contribution < -0.4 is 16.4 Å². The van der Waals surface area contributed by atoms with E-state index in [-0.39, 0.29) is 17.8 Å². The van der Waals surface area contributed by atoms with Crippen LogP contribution in [0, 0.1) is 5.92 Å². The van der Waals surface area contributed by atoms with Gasteiger partial charge < -0.3 is 16.4 Å². The van der Waals surface area contributed by atoms with Crippen molar-refractivity contribution in [3.05, 3.63) is 5.56 Å². The number of nitrogens with one attached hydrogen (secondary N) is 2. The minimum atomic E-state index is -0.0585. The van der Waals surface area contributed by atoms with Gasteiger partial charge in [0.25, 0.3) is 0 Å². The second kappa shape index (κ2) is 3.38. The molecule has 1 aliphatic rings. The zero-order valence-electron chi connectivity index (χ0n) is 8.66. The predicted molar refractivity (Wildman–Crippen MR) is 57.5 cm³/mol. The lowest BCUT2D eigenvalue weighted by atomic mass is 9.97. The third kappa shape index (κ3) is 1.58. The van der Waals surface area contributed by atoms with Crippen molar-refractivity contribution in [2.24, 2.45) is 5.92 Å². The van der Waals surface area contributed by atoms with Gasteiger partial charge in [0.2, 0.25) is 11.9 Å². The van der Waals surface area contributed by atoms with Gasteiger partial charge in [-0.1, -0.05) is 6.92 Å². The van der Waals surface area contributed by atoms with E-state index in [1.54, 1.807) is 7.05 Å². The van der Waals surface area contributed by atoms with Crippen LogP contribution in [0.5, 0.6) is 0 Å². The molecule has 4 N–H and O–H groups in total. The number of nitrogens with zero attached hydrogens (tertiary/aromatic N) is 2. The standard InChI is InChI=1S/C9H13N5O/c1-4-3-5-6(11-2)13-9(10)14-7(5)12-8(4)15/h4H,3H2,1-2H3,(H4,10,11,12,13,14,15). The number of carbonyl (C=O) groups excluding carboxylic acids is 1. The fourth-order valence-corrected chi connectivity index (χ4v) is 1.64. The molecule has 0 spiro atoms. The monoisotopic (exact) mass is 207 g/mol. The molecule has 1 aromatic heterocycles. The van der Waals surface area contributed by atoms with Crippen LogP contribution in [0.2, 0.25) is 0 Å². The quantitative estimate of drug-likeness (QED) is 0.613. The van der Waals surface area contributed by atoms with E-state index < -0.39 is 0 Å². The molecule has 80 valence electrons. The number of hydrogen-bond acceptors (Lipinski definition) is 5. The molecule has 2 heterocycles. The highest BCUT2D eigenvalue weighted by atomic mass is 16.2. The zero-order valence-corrected chi connectivity index (χ0v) is 8.66. The van der Waals surface area contributed by atoms with Gasteiger partial charge >= 0.3 is 0 Å². The Morgan fingerprint density at radius 3 is 2.93 bits per heavy atom. The van der Waals surface area contributed by atoms with E-state index in [0.717, 1.165) is 5.56 Å². The lowest BCUT2D eigenvalue weighted by molar-refractivity contribution is -0.119. The first-order chi connectivity index (χ1) is 7.11. The van der Waals surface area contributed by atoms with Crippen molar-refractivity contribution >= 4 is 23.5 Å². The normalized spacial score (nSPS) is 19.3. The number of nitrogens with two attached hydrogens (primary N) is 1. The minimum Gasteiger partial charge on any atom is -0.373 e. The molecule has 0 fully saturated rings. The summed E-state index contributed by atoms with van der Waals surface area (Å²) in [6.07, 6.45) is 0.637. The maximum Gasteiger partial charge on any atom is 0.228 e. The van der Waals surface area contributed by atoms with E-state index in [1.165, 1.54) is 0 Å². The zero-order chi connectivity index (χ0) is 11.0. The molecule has 0 aliphatic carbocycles. The van der Waals surface area contributed by atoms with E-state index in [9.17, 15) is 4.79 Å². The molecule has 0 bridgehead atoms. The van der Waals surface area contributed by atoms with Crippen LogP contribution in [0.25, 0.3) is 0 Å². The summed E-state index contributed by atoms with van der Waals surface area (Å²) < 4.78 is 0. The van der Waals surface area contributed by atoms with Gasteiger partial charge in [0.15, 0.2) is 0 Å². The molecule has 0 radical (unpaired) electrons. The van der Waals surface area contributed by atoms with Crippen LogP contribution in [0.1, 0.15) is 12.5 Å². The first-order valence-corrected chi connectivity index (χ1v) is 4.77. The number of amides is 1. The van der Waals surface area contributed by atoms with Crippen LogP contribution in [0.4, 0.5) is 17.6 Å². The van der Waals surface area contributed by atoms with Gasteiger partial charge in [-0.15, -0.1) is 0 Å². The Hall–Kier alpha value is -1.85. The van der Waals surface area contributed by atoms with Crippen molar-refractivity contribution in [2.45, 2.75) is 13.3 Å². The Balaban J connectivity index is 2.51. The van der Waals surface area contributed by atoms with E-state index in [4.69, 9.17) is 5.73 Å². The number of anilines is 3. The van der Waals surface area contributed by atoms with Gasteiger partial charge in [-0.05, 0) is 6.42 Å². The van der Waals surface area contributed by atoms with Crippen LogP contribution in [0.15, 0.2) is 0 Å². The molecule has 1 atom stereocenters. The molecular weight excluding hydrogens is 194 g/mol. The molecule has 1 amide bonds. The molecule has 15 heavy (non-hydrogen) atoms. The number of hydrogen-bond donors (Lipinski definition) is 3. The lowest BCUT2D eigenvalue weighted by Crippen LogP contribution is -2.29. The van der Waals surface area contributed by atoms with E-state index in [0.29, 0.717) is 18.1 Å². The minimum absolute atomic E-state index is 0.0253. The first-order valence-electron chi connectivity index (χ1n) is 4.77. The summed E-state index contributed by atoms with van der Waals surface area (Å²) in [6.45, 7) is 1.87. The Kier molecular flexibility index (Phi) is 2.18. The maximum absolute atomic E-state index is 11.4. The molecular formula is C9H13N5O. The fourth-order valence-electron chi connectivity index (χ4n) is 1.64. The van der Waals surface area contributed by atoms with Crippen LogP contribution in [-0.4, -0.2) is 22.9 Å². The summed E-state index contributed by atoms with van der Waals surface area (Å²) in [5.41, 5.74) is 6.44. The number of aromatic nitrogens is 2. The summed E-state index contributed by atoms with van der Waals surface area (Å²) in [4.78, 5) is 19.5. The van der Waals surface area contributed by atoms with Gasteiger partial charge in [0, 0.05) is 18.5 Å². The highest BCUT2D eigenvalue weighted by molar-refractivity contribution is 5.95. The highest BCUT2D eigenvalue weighted by Gasteiger charge is 2.26. The van der Waals surface area contributed by atoms with E-state index in [1.807, 2.05) is 6.92 Å². The Morgan fingerprint density at radius 2 is 2.27 bits per heavy atom. The summed E-state index contributed by atoms with van der Waals surface area (Å²) in [5.74, 6) is 1.28. The summed E-state index contributed by atoms with van der Waals surface area (Å²) in [7, 11) is 1.77. The fraction of sp³-hybridized carbons (Fsp3) is 0.444. The summed E-state index contributed by atoms with van der Waals surface area (Å²) in [5, 5.41) is 5.66. The van der Waals surface area contributed by atoms with Crippen molar-refractivity contribution < 1.29 is 4.79 Å². The average molecular weight is 207 g/mol. The second-order valence-electron chi connectivity index (χ2n) is 3.60. The van der Waals surface area contributed by atoms with Crippen molar-refractivity contribution in [1.82, 2.24) is 9.97 Å². The third-order valence-electron chi connectivity index (χ3n) is 2.46. The van der Waals surface area contributed by atoms with Crippen LogP contribution in [0.3, 0.4) is 0 Å². The van der Waals surface area contributed by atoms with Crippen molar-refractivity contribution in [2.75, 3.05) is 23.4 Å². The maximum atomic E-state index is 11.4. The van der Waals surface area contributed by atoms with Gasteiger partial charge in [-0.25, -0.2) is 0 Å². The molecule has 6 nitrogen and oxygen atoms in total. The number of fused-ring (bicyclic) bond motifs is 1. The Morgan fingerprint density at radius 1 is 1.53 bits per heavy atom. The highest BCUT2D eigenvalue weighted by Crippen LogP contribution is 2.29. The van der Waals surface area contributed by atoms with Gasteiger partial charge in [0.05, 0.1) is 0 Å². The largest absolute Gasteiger partial charge is 0.373 e. The average Bonchev–Trinajstić information content (AvgIpc) is 2.19. The topological polar surface area (TPSA) is 92.9 Å². The summed E-state index contributed by atoms with van der Waals surface area (Å²) >= 11 is 0. The van der Waals surface area contributed by atoms with Crippen molar-refractivity contribution in [3.8, 4) is 0 Å². The SMILES string of the molecule is CNc1nc(N)nc2c1CC(C)C(=O)N2. The summed E-state index contributed by atoms with van der Waals surface area (Å²) in [6, 6.07) is 0. The third-order valence-corrected chi connectivity index (χ3v) is 2.46. The Bertz CT molecular complexity index is 417. The smallest absolute Gasteiger partial charge is 0.228 e.